The second-order valence-electron chi connectivity index (χ2n) is 5.70. The van der Waals surface area contributed by atoms with Crippen molar-refractivity contribution in [2.75, 3.05) is 33.2 Å². The molecule has 1 aliphatic heterocycles. The van der Waals surface area contributed by atoms with Crippen LogP contribution in [0.4, 0.5) is 0 Å². The predicted molar refractivity (Wildman–Crippen MR) is 83.5 cm³/mol. The van der Waals surface area contributed by atoms with Crippen molar-refractivity contribution in [1.29, 1.82) is 0 Å². The van der Waals surface area contributed by atoms with Gasteiger partial charge in [-0.1, -0.05) is 0 Å². The van der Waals surface area contributed by atoms with Gasteiger partial charge in [-0.25, -0.2) is 0 Å². The number of carbonyl (C=O) groups excluding carboxylic acids is 2. The van der Waals surface area contributed by atoms with E-state index < -0.39 is 0 Å². The van der Waals surface area contributed by atoms with Gasteiger partial charge in [-0.05, 0) is 50.9 Å². The van der Waals surface area contributed by atoms with Crippen LogP contribution in [0.25, 0.3) is 0 Å². The number of rotatable bonds is 7. The lowest BCUT2D eigenvalue weighted by Crippen LogP contribution is -2.40. The van der Waals surface area contributed by atoms with Crippen LogP contribution in [0.3, 0.4) is 0 Å². The first-order valence-electron chi connectivity index (χ1n) is 7.94. The highest BCUT2D eigenvalue weighted by atomic mass is 16.3. The highest BCUT2D eigenvalue weighted by Gasteiger charge is 2.22. The van der Waals surface area contributed by atoms with Crippen molar-refractivity contribution >= 4 is 11.8 Å². The van der Waals surface area contributed by atoms with Gasteiger partial charge in [-0.15, -0.1) is 0 Å². The van der Waals surface area contributed by atoms with Crippen LogP contribution in [0, 0.1) is 5.92 Å². The lowest BCUT2D eigenvalue weighted by molar-refractivity contribution is -0.132. The van der Waals surface area contributed by atoms with Gasteiger partial charge in [-0.2, -0.15) is 0 Å². The number of amides is 2. The minimum absolute atomic E-state index is 0.117. The Balaban J connectivity index is 1.63. The molecule has 1 aliphatic rings. The number of nitrogens with zero attached hydrogens (tertiary/aromatic N) is 1. The van der Waals surface area contributed by atoms with Gasteiger partial charge in [0.15, 0.2) is 5.76 Å². The maximum absolute atomic E-state index is 12.1. The Morgan fingerprint density at radius 1 is 1.32 bits per heavy atom. The molecule has 6 heteroatoms. The van der Waals surface area contributed by atoms with Crippen LogP contribution in [0.2, 0.25) is 0 Å². The quantitative estimate of drug-likeness (QED) is 0.795. The lowest BCUT2D eigenvalue weighted by Gasteiger charge is -2.32. The zero-order valence-electron chi connectivity index (χ0n) is 13.1. The van der Waals surface area contributed by atoms with Crippen LogP contribution in [0.1, 0.15) is 36.2 Å². The maximum atomic E-state index is 12.1. The molecule has 2 N–H and O–H groups in total. The molecule has 2 amide bonds. The number of nitrogens with one attached hydrogen (secondary N) is 2. The molecule has 2 rings (SSSR count). The zero-order chi connectivity index (χ0) is 15.8. The second kappa shape index (κ2) is 8.58. The van der Waals surface area contributed by atoms with Gasteiger partial charge in [-0.3, -0.25) is 9.59 Å². The summed E-state index contributed by atoms with van der Waals surface area (Å²) in [6, 6.07) is 3.27. The Morgan fingerprint density at radius 2 is 2.09 bits per heavy atom. The first-order chi connectivity index (χ1) is 10.7. The fourth-order valence-corrected chi connectivity index (χ4v) is 2.76. The lowest BCUT2D eigenvalue weighted by atomic mass is 9.93. The molecule has 1 aromatic rings. The van der Waals surface area contributed by atoms with Crippen molar-refractivity contribution in [2.45, 2.75) is 25.7 Å². The van der Waals surface area contributed by atoms with E-state index in [0.29, 0.717) is 13.0 Å². The summed E-state index contributed by atoms with van der Waals surface area (Å²) in [7, 11) is 1.97. The Bertz CT molecular complexity index is 465. The first kappa shape index (κ1) is 16.5. The molecule has 1 saturated heterocycles. The van der Waals surface area contributed by atoms with Crippen LogP contribution in [-0.4, -0.2) is 49.9 Å². The molecule has 1 aromatic heterocycles. The summed E-state index contributed by atoms with van der Waals surface area (Å²) in [5.41, 5.74) is 0. The Labute approximate surface area is 131 Å². The predicted octanol–water partition coefficient (Wildman–Crippen LogP) is 1.25. The number of hydrogen-bond donors (Lipinski definition) is 2. The van der Waals surface area contributed by atoms with Crippen molar-refractivity contribution in [3.05, 3.63) is 24.2 Å². The summed E-state index contributed by atoms with van der Waals surface area (Å²) in [6.45, 7) is 3.05. The van der Waals surface area contributed by atoms with Crippen molar-refractivity contribution in [1.82, 2.24) is 15.5 Å². The van der Waals surface area contributed by atoms with E-state index in [1.807, 2.05) is 11.9 Å². The average molecular weight is 307 g/mol. The molecule has 0 unspecified atom stereocenters. The molecule has 0 aromatic carbocycles. The summed E-state index contributed by atoms with van der Waals surface area (Å²) in [4.78, 5) is 25.7. The van der Waals surface area contributed by atoms with Gasteiger partial charge in [0.05, 0.1) is 6.26 Å². The molecule has 1 fully saturated rings. The van der Waals surface area contributed by atoms with E-state index in [0.717, 1.165) is 38.4 Å². The SMILES string of the molecule is CNCCC1CCN(C(=O)CCNC(=O)c2ccco2)CC1. The Kier molecular flexibility index (Phi) is 6.45. The van der Waals surface area contributed by atoms with Crippen LogP contribution >= 0.6 is 0 Å². The summed E-state index contributed by atoms with van der Waals surface area (Å²) < 4.78 is 5.00. The molecule has 22 heavy (non-hydrogen) atoms. The molecule has 2 heterocycles. The molecule has 0 bridgehead atoms. The van der Waals surface area contributed by atoms with Gasteiger partial charge < -0.3 is 20.0 Å². The molecule has 122 valence electrons. The van der Waals surface area contributed by atoms with E-state index in [9.17, 15) is 9.59 Å². The van der Waals surface area contributed by atoms with E-state index in [2.05, 4.69) is 10.6 Å². The zero-order valence-corrected chi connectivity index (χ0v) is 13.1. The number of hydrogen-bond acceptors (Lipinski definition) is 4. The highest BCUT2D eigenvalue weighted by Crippen LogP contribution is 2.20. The van der Waals surface area contributed by atoms with Crippen molar-refractivity contribution in [3.8, 4) is 0 Å². The van der Waals surface area contributed by atoms with Crippen LogP contribution in [-0.2, 0) is 4.79 Å². The number of furan rings is 1. The molecule has 6 nitrogen and oxygen atoms in total. The largest absolute Gasteiger partial charge is 0.459 e. The van der Waals surface area contributed by atoms with Crippen LogP contribution in [0.15, 0.2) is 22.8 Å². The normalized spacial score (nSPS) is 15.8. The van der Waals surface area contributed by atoms with Gasteiger partial charge in [0.1, 0.15) is 0 Å². The topological polar surface area (TPSA) is 74.6 Å². The fourth-order valence-electron chi connectivity index (χ4n) is 2.76. The van der Waals surface area contributed by atoms with Crippen molar-refractivity contribution < 1.29 is 14.0 Å². The molecule has 0 aliphatic carbocycles. The monoisotopic (exact) mass is 307 g/mol. The summed E-state index contributed by atoms with van der Waals surface area (Å²) >= 11 is 0. The van der Waals surface area contributed by atoms with E-state index in [-0.39, 0.29) is 17.6 Å². The number of likely N-dealkylation sites (tertiary alicyclic amines) is 1. The number of carbonyl (C=O) groups is 2. The number of piperidine rings is 1. The smallest absolute Gasteiger partial charge is 0.286 e. The van der Waals surface area contributed by atoms with E-state index in [4.69, 9.17) is 4.42 Å². The van der Waals surface area contributed by atoms with Gasteiger partial charge in [0.25, 0.3) is 5.91 Å². The standard InChI is InChI=1S/C16H25N3O3/c1-17-8-4-13-6-10-19(11-7-13)15(20)5-9-18-16(21)14-3-2-12-22-14/h2-3,12-13,17H,4-11H2,1H3,(H,18,21). The first-order valence-corrected chi connectivity index (χ1v) is 7.94. The van der Waals surface area contributed by atoms with Crippen molar-refractivity contribution in [2.24, 2.45) is 5.92 Å². The minimum Gasteiger partial charge on any atom is -0.459 e. The van der Waals surface area contributed by atoms with Crippen LogP contribution < -0.4 is 10.6 Å². The molecular weight excluding hydrogens is 282 g/mol. The fraction of sp³-hybridized carbons (Fsp3) is 0.625. The molecule has 0 radical (unpaired) electrons. The Hall–Kier alpha value is -1.82. The third-order valence-corrected chi connectivity index (χ3v) is 4.14. The van der Waals surface area contributed by atoms with Gasteiger partial charge >= 0.3 is 0 Å². The second-order valence-corrected chi connectivity index (χ2v) is 5.70. The van der Waals surface area contributed by atoms with E-state index in [1.54, 1.807) is 12.1 Å². The van der Waals surface area contributed by atoms with E-state index >= 15 is 0 Å². The average Bonchev–Trinajstić information content (AvgIpc) is 3.07. The maximum Gasteiger partial charge on any atom is 0.286 e. The summed E-state index contributed by atoms with van der Waals surface area (Å²) in [5, 5.41) is 5.87. The van der Waals surface area contributed by atoms with Gasteiger partial charge in [0.2, 0.25) is 5.91 Å². The molecule has 0 atom stereocenters. The van der Waals surface area contributed by atoms with E-state index in [1.165, 1.54) is 12.7 Å². The van der Waals surface area contributed by atoms with Crippen LogP contribution in [0.5, 0.6) is 0 Å². The van der Waals surface area contributed by atoms with Gasteiger partial charge in [0, 0.05) is 26.1 Å². The minimum atomic E-state index is -0.274. The Morgan fingerprint density at radius 3 is 2.73 bits per heavy atom. The third kappa shape index (κ3) is 4.87. The summed E-state index contributed by atoms with van der Waals surface area (Å²) in [5.74, 6) is 0.836. The molecular formula is C16H25N3O3. The summed E-state index contributed by atoms with van der Waals surface area (Å²) in [6.07, 6.45) is 5.13. The third-order valence-electron chi connectivity index (χ3n) is 4.14. The van der Waals surface area contributed by atoms with Crippen molar-refractivity contribution in [3.63, 3.8) is 0 Å². The molecule has 0 saturated carbocycles. The highest BCUT2D eigenvalue weighted by molar-refractivity contribution is 5.91. The molecule has 0 spiro atoms.